The maximum atomic E-state index is 12.1. The number of aliphatic hydroxyl groups is 1. The van der Waals surface area contributed by atoms with E-state index < -0.39 is 6.10 Å². The van der Waals surface area contributed by atoms with Crippen LogP contribution in [-0.2, 0) is 0 Å². The van der Waals surface area contributed by atoms with E-state index in [0.29, 0.717) is 11.1 Å². The van der Waals surface area contributed by atoms with Gasteiger partial charge in [0.25, 0.3) is 11.8 Å². The van der Waals surface area contributed by atoms with Gasteiger partial charge in [0.1, 0.15) is 0 Å². The average molecular weight is 245 g/mol. The zero-order valence-corrected chi connectivity index (χ0v) is 10.2. The topological polar surface area (TPSA) is 57.6 Å². The average Bonchev–Trinajstić information content (AvgIpc) is 3.15. The smallest absolute Gasteiger partial charge is 0.261 e. The minimum atomic E-state index is -0.576. The Morgan fingerprint density at radius 3 is 2.61 bits per heavy atom. The standard InChI is InChI=1S/C14H15NO3/c1-8-2-5-10-11(6-8)14(18)15(13(10)17)7-12(16)9-3-4-9/h2,5-6,9,12,16H,3-4,7H2,1H3. The van der Waals surface area contributed by atoms with E-state index >= 15 is 0 Å². The maximum Gasteiger partial charge on any atom is 0.261 e. The van der Waals surface area contributed by atoms with Gasteiger partial charge in [-0.05, 0) is 37.8 Å². The molecule has 1 aromatic rings. The van der Waals surface area contributed by atoms with Crippen LogP contribution in [0.4, 0.5) is 0 Å². The number of fused-ring (bicyclic) bond motifs is 1. The first-order valence-electron chi connectivity index (χ1n) is 6.23. The Bertz CT molecular complexity index is 534. The first kappa shape index (κ1) is 11.4. The SMILES string of the molecule is Cc1ccc2c(c1)C(=O)N(CC(O)C1CC1)C2=O. The van der Waals surface area contributed by atoms with E-state index in [9.17, 15) is 14.7 Å². The highest BCUT2D eigenvalue weighted by atomic mass is 16.3. The van der Waals surface area contributed by atoms with Gasteiger partial charge in [-0.1, -0.05) is 11.6 Å². The minimum Gasteiger partial charge on any atom is -0.391 e. The van der Waals surface area contributed by atoms with Crippen LogP contribution in [0, 0.1) is 12.8 Å². The van der Waals surface area contributed by atoms with Crippen molar-refractivity contribution >= 4 is 11.8 Å². The summed E-state index contributed by atoms with van der Waals surface area (Å²) in [5.74, 6) is -0.302. The van der Waals surface area contributed by atoms with Crippen LogP contribution in [0.2, 0.25) is 0 Å². The molecule has 0 spiro atoms. The van der Waals surface area contributed by atoms with Gasteiger partial charge in [-0.3, -0.25) is 14.5 Å². The lowest BCUT2D eigenvalue weighted by Gasteiger charge is -2.17. The molecule has 4 nitrogen and oxygen atoms in total. The first-order chi connectivity index (χ1) is 8.58. The molecule has 1 atom stereocenters. The molecule has 0 radical (unpaired) electrons. The predicted octanol–water partition coefficient (Wildman–Crippen LogP) is 1.36. The largest absolute Gasteiger partial charge is 0.391 e. The lowest BCUT2D eigenvalue weighted by molar-refractivity contribution is 0.0514. The molecule has 2 amide bonds. The van der Waals surface area contributed by atoms with Gasteiger partial charge in [0.05, 0.1) is 23.8 Å². The highest BCUT2D eigenvalue weighted by Gasteiger charge is 2.39. The van der Waals surface area contributed by atoms with Gasteiger partial charge in [-0.25, -0.2) is 0 Å². The molecule has 2 aliphatic rings. The number of imide groups is 1. The second-order valence-electron chi connectivity index (χ2n) is 5.17. The predicted molar refractivity (Wildman–Crippen MR) is 65.3 cm³/mol. The van der Waals surface area contributed by atoms with Crippen molar-refractivity contribution in [1.82, 2.24) is 4.90 Å². The number of aliphatic hydroxyl groups excluding tert-OH is 1. The number of β-amino-alcohol motifs (C(OH)–C–C–N with tert-alkyl or cyclic N) is 1. The van der Waals surface area contributed by atoms with Crippen molar-refractivity contribution in [2.45, 2.75) is 25.9 Å². The van der Waals surface area contributed by atoms with Crippen molar-refractivity contribution < 1.29 is 14.7 Å². The van der Waals surface area contributed by atoms with Crippen molar-refractivity contribution in [2.75, 3.05) is 6.54 Å². The van der Waals surface area contributed by atoms with Gasteiger partial charge in [0, 0.05) is 0 Å². The molecule has 0 bridgehead atoms. The summed E-state index contributed by atoms with van der Waals surface area (Å²) in [6.45, 7) is 2.01. The monoisotopic (exact) mass is 245 g/mol. The number of amides is 2. The zero-order valence-electron chi connectivity index (χ0n) is 10.2. The quantitative estimate of drug-likeness (QED) is 0.818. The maximum absolute atomic E-state index is 12.1. The summed E-state index contributed by atoms with van der Waals surface area (Å²) >= 11 is 0. The Morgan fingerprint density at radius 1 is 1.28 bits per heavy atom. The number of rotatable bonds is 3. The third-order valence-electron chi connectivity index (χ3n) is 3.66. The van der Waals surface area contributed by atoms with Crippen LogP contribution < -0.4 is 0 Å². The van der Waals surface area contributed by atoms with Crippen LogP contribution in [0.5, 0.6) is 0 Å². The molecule has 1 saturated carbocycles. The molecule has 1 unspecified atom stereocenters. The molecular weight excluding hydrogens is 230 g/mol. The molecule has 1 aromatic carbocycles. The highest BCUT2D eigenvalue weighted by Crippen LogP contribution is 2.34. The van der Waals surface area contributed by atoms with E-state index in [1.54, 1.807) is 12.1 Å². The highest BCUT2D eigenvalue weighted by molar-refractivity contribution is 6.21. The molecule has 0 saturated heterocycles. The van der Waals surface area contributed by atoms with Crippen LogP contribution in [-0.4, -0.2) is 34.5 Å². The summed E-state index contributed by atoms with van der Waals surface area (Å²) in [6, 6.07) is 5.25. The van der Waals surface area contributed by atoms with Crippen LogP contribution in [0.25, 0.3) is 0 Å². The fourth-order valence-electron chi connectivity index (χ4n) is 2.39. The Morgan fingerprint density at radius 2 is 1.94 bits per heavy atom. The van der Waals surface area contributed by atoms with Crippen molar-refractivity contribution in [3.05, 3.63) is 34.9 Å². The Hall–Kier alpha value is -1.68. The molecule has 94 valence electrons. The van der Waals surface area contributed by atoms with Gasteiger partial charge in [-0.2, -0.15) is 0 Å². The fourth-order valence-corrected chi connectivity index (χ4v) is 2.39. The van der Waals surface area contributed by atoms with Crippen molar-refractivity contribution in [3.63, 3.8) is 0 Å². The van der Waals surface area contributed by atoms with Crippen molar-refractivity contribution in [3.8, 4) is 0 Å². The molecule has 1 N–H and O–H groups in total. The number of aryl methyl sites for hydroxylation is 1. The molecule has 4 heteroatoms. The number of benzene rings is 1. The van der Waals surface area contributed by atoms with Gasteiger partial charge >= 0.3 is 0 Å². The number of carbonyl (C=O) groups is 2. The Kier molecular flexibility index (Phi) is 2.48. The zero-order chi connectivity index (χ0) is 12.9. The van der Waals surface area contributed by atoms with Crippen molar-refractivity contribution in [1.29, 1.82) is 0 Å². The summed E-state index contributed by atoms with van der Waals surface area (Å²) in [7, 11) is 0. The Labute approximate surface area is 105 Å². The number of hydrogen-bond acceptors (Lipinski definition) is 3. The van der Waals surface area contributed by atoms with Crippen LogP contribution in [0.3, 0.4) is 0 Å². The van der Waals surface area contributed by atoms with Crippen molar-refractivity contribution in [2.24, 2.45) is 5.92 Å². The van der Waals surface area contributed by atoms with E-state index in [2.05, 4.69) is 0 Å². The van der Waals surface area contributed by atoms with Gasteiger partial charge < -0.3 is 5.11 Å². The van der Waals surface area contributed by atoms with Gasteiger partial charge in [-0.15, -0.1) is 0 Å². The van der Waals surface area contributed by atoms with Crippen LogP contribution in [0.15, 0.2) is 18.2 Å². The van der Waals surface area contributed by atoms with E-state index in [0.717, 1.165) is 18.4 Å². The van der Waals surface area contributed by atoms with E-state index in [1.807, 2.05) is 13.0 Å². The lowest BCUT2D eigenvalue weighted by Crippen LogP contribution is -2.37. The fraction of sp³-hybridized carbons (Fsp3) is 0.429. The summed E-state index contributed by atoms with van der Waals surface area (Å²) < 4.78 is 0. The van der Waals surface area contributed by atoms with E-state index in [4.69, 9.17) is 0 Å². The molecule has 1 fully saturated rings. The molecule has 1 aliphatic carbocycles. The normalized spacial score (nSPS) is 20.2. The van der Waals surface area contributed by atoms with E-state index in [-0.39, 0.29) is 24.3 Å². The third kappa shape index (κ3) is 1.73. The lowest BCUT2D eigenvalue weighted by atomic mass is 10.1. The number of nitrogens with zero attached hydrogens (tertiary/aromatic N) is 1. The third-order valence-corrected chi connectivity index (χ3v) is 3.66. The summed E-state index contributed by atoms with van der Waals surface area (Å²) in [4.78, 5) is 25.4. The van der Waals surface area contributed by atoms with Gasteiger partial charge in [0.15, 0.2) is 0 Å². The molecule has 1 heterocycles. The molecule has 1 aliphatic heterocycles. The second kappa shape index (κ2) is 3.92. The van der Waals surface area contributed by atoms with Gasteiger partial charge in [0.2, 0.25) is 0 Å². The van der Waals surface area contributed by atoms with Crippen LogP contribution >= 0.6 is 0 Å². The summed E-state index contributed by atoms with van der Waals surface area (Å²) in [5.41, 5.74) is 1.87. The molecule has 3 rings (SSSR count). The summed E-state index contributed by atoms with van der Waals surface area (Å²) in [6.07, 6.45) is 1.40. The number of carbonyl (C=O) groups excluding carboxylic acids is 2. The first-order valence-corrected chi connectivity index (χ1v) is 6.23. The molecule has 18 heavy (non-hydrogen) atoms. The molecule has 0 aromatic heterocycles. The summed E-state index contributed by atoms with van der Waals surface area (Å²) in [5, 5.41) is 9.87. The molecular formula is C14H15NO3. The second-order valence-corrected chi connectivity index (χ2v) is 5.17. The van der Waals surface area contributed by atoms with Crippen LogP contribution in [0.1, 0.15) is 39.1 Å². The minimum absolute atomic E-state index is 0.121. The number of hydrogen-bond donors (Lipinski definition) is 1. The van der Waals surface area contributed by atoms with E-state index in [1.165, 1.54) is 4.90 Å². The Balaban J connectivity index is 1.86.